The lowest BCUT2D eigenvalue weighted by Crippen LogP contribution is -1.87. The summed E-state index contributed by atoms with van der Waals surface area (Å²) >= 11 is 1.44. The molecule has 0 aliphatic rings. The van der Waals surface area contributed by atoms with Crippen molar-refractivity contribution < 1.29 is 4.79 Å². The molecule has 0 radical (unpaired) electrons. The summed E-state index contributed by atoms with van der Waals surface area (Å²) in [5.41, 5.74) is 6.41. The van der Waals surface area contributed by atoms with E-state index in [0.717, 1.165) is 43.8 Å². The van der Waals surface area contributed by atoms with Crippen molar-refractivity contribution in [2.75, 3.05) is 0 Å². The lowest BCUT2D eigenvalue weighted by molar-refractivity contribution is 0.102. The fraction of sp³-hybridized carbons (Fsp3) is 0.0435. The van der Waals surface area contributed by atoms with E-state index >= 15 is 0 Å². The number of H-pyrrole nitrogens is 2. The summed E-state index contributed by atoms with van der Waals surface area (Å²) in [6.07, 6.45) is 6.99. The minimum absolute atomic E-state index is 0.0446. The van der Waals surface area contributed by atoms with E-state index in [1.165, 1.54) is 11.3 Å². The maximum Gasteiger partial charge on any atom is 0.169 e. The Morgan fingerprint density at radius 2 is 1.78 bits per heavy atom. The Labute approximate surface area is 185 Å². The van der Waals surface area contributed by atoms with E-state index in [-0.39, 0.29) is 5.78 Å². The number of carbonyl (C=O) groups excluding carboxylic acids is 1. The summed E-state index contributed by atoms with van der Waals surface area (Å²) in [6.45, 7) is 1.57. The van der Waals surface area contributed by atoms with Gasteiger partial charge in [0, 0.05) is 34.6 Å². The first-order chi connectivity index (χ1) is 15.7. The number of nitrogens with one attached hydrogen (secondary N) is 2. The molecular weight excluding hydrogens is 422 g/mol. The van der Waals surface area contributed by atoms with Crippen LogP contribution in [-0.4, -0.2) is 40.9 Å². The predicted octanol–water partition coefficient (Wildman–Crippen LogP) is 4.89. The monoisotopic (exact) mass is 437 g/mol. The van der Waals surface area contributed by atoms with Gasteiger partial charge in [0.15, 0.2) is 17.3 Å². The molecule has 6 aromatic rings. The molecule has 0 atom stereocenters. The van der Waals surface area contributed by atoms with E-state index in [9.17, 15) is 4.79 Å². The number of nitrogens with zero attached hydrogens (tertiary/aromatic N) is 5. The van der Waals surface area contributed by atoms with Crippen LogP contribution in [0.3, 0.4) is 0 Å². The van der Waals surface area contributed by atoms with Crippen LogP contribution in [0, 0.1) is 0 Å². The zero-order chi connectivity index (χ0) is 21.7. The van der Waals surface area contributed by atoms with Gasteiger partial charge in [-0.1, -0.05) is 0 Å². The Hall–Kier alpha value is -4.24. The van der Waals surface area contributed by atoms with Crippen molar-refractivity contribution in [3.8, 4) is 33.2 Å². The molecule has 9 heteroatoms. The Kier molecular flexibility index (Phi) is 4.15. The number of hydrogen-bond donors (Lipinski definition) is 2. The van der Waals surface area contributed by atoms with Gasteiger partial charge in [-0.15, -0.1) is 11.3 Å². The number of hydrogen-bond acceptors (Lipinski definition) is 7. The Bertz CT molecular complexity index is 1610. The number of aromatic nitrogens is 7. The highest BCUT2D eigenvalue weighted by atomic mass is 32.1. The third-order valence-electron chi connectivity index (χ3n) is 5.22. The van der Waals surface area contributed by atoms with E-state index in [1.807, 2.05) is 36.4 Å². The van der Waals surface area contributed by atoms with E-state index in [1.54, 1.807) is 31.7 Å². The fourth-order valence-corrected chi connectivity index (χ4v) is 4.56. The van der Waals surface area contributed by atoms with Crippen LogP contribution in [-0.2, 0) is 0 Å². The van der Waals surface area contributed by atoms with Crippen molar-refractivity contribution in [3.63, 3.8) is 0 Å². The second-order valence-electron chi connectivity index (χ2n) is 7.29. The molecule has 6 rings (SSSR count). The number of pyridine rings is 3. The third kappa shape index (κ3) is 2.98. The van der Waals surface area contributed by atoms with E-state index in [0.29, 0.717) is 16.4 Å². The number of thiophene rings is 1. The number of aromatic amines is 2. The van der Waals surface area contributed by atoms with Crippen LogP contribution < -0.4 is 0 Å². The van der Waals surface area contributed by atoms with E-state index < -0.39 is 0 Å². The average molecular weight is 437 g/mol. The quantitative estimate of drug-likeness (QED) is 0.380. The maximum atomic E-state index is 11.7. The molecule has 0 aliphatic heterocycles. The molecule has 0 spiro atoms. The zero-order valence-corrected chi connectivity index (χ0v) is 17.6. The highest BCUT2D eigenvalue weighted by Crippen LogP contribution is 2.34. The van der Waals surface area contributed by atoms with Gasteiger partial charge in [-0.25, -0.2) is 9.97 Å². The summed E-state index contributed by atoms with van der Waals surface area (Å²) in [5.74, 6) is 0.645. The summed E-state index contributed by atoms with van der Waals surface area (Å²) in [4.78, 5) is 34.8. The number of rotatable bonds is 4. The zero-order valence-electron chi connectivity index (χ0n) is 16.8. The van der Waals surface area contributed by atoms with Gasteiger partial charge in [0.25, 0.3) is 0 Å². The molecule has 0 bridgehead atoms. The predicted molar refractivity (Wildman–Crippen MR) is 123 cm³/mol. The molecular formula is C23H15N7OS. The topological polar surface area (TPSA) is 113 Å². The fourth-order valence-electron chi connectivity index (χ4n) is 3.64. The van der Waals surface area contributed by atoms with Gasteiger partial charge >= 0.3 is 0 Å². The van der Waals surface area contributed by atoms with Crippen molar-refractivity contribution in [2.45, 2.75) is 6.92 Å². The highest BCUT2D eigenvalue weighted by molar-refractivity contribution is 7.17. The van der Waals surface area contributed by atoms with Crippen LogP contribution in [0.15, 0.2) is 61.2 Å². The number of carbonyl (C=O) groups is 1. The van der Waals surface area contributed by atoms with Crippen molar-refractivity contribution >= 4 is 39.2 Å². The second-order valence-corrected chi connectivity index (χ2v) is 8.37. The van der Waals surface area contributed by atoms with Gasteiger partial charge in [-0.2, -0.15) is 5.10 Å². The molecule has 0 saturated heterocycles. The Morgan fingerprint density at radius 1 is 0.906 bits per heavy atom. The van der Waals surface area contributed by atoms with Crippen molar-refractivity contribution in [1.82, 2.24) is 35.1 Å². The molecule has 2 N–H and O–H groups in total. The van der Waals surface area contributed by atoms with Crippen molar-refractivity contribution in [1.29, 1.82) is 0 Å². The molecule has 8 nitrogen and oxygen atoms in total. The standard InChI is InChI=1S/C23H15N7OS/c1-12(31)18-4-5-19(32-18)14-10-25-11-17-20(14)28-23(27-17)22-21-16(29-30-22)3-2-15(26-21)13-6-8-24-9-7-13/h2-11H,1H3,(H,27,28)(H,29,30). The number of fused-ring (bicyclic) bond motifs is 2. The molecule has 0 aromatic carbocycles. The molecule has 6 heterocycles. The van der Waals surface area contributed by atoms with Gasteiger partial charge in [-0.3, -0.25) is 19.9 Å². The largest absolute Gasteiger partial charge is 0.335 e. The SMILES string of the molecule is CC(=O)c1ccc(-c2cncc3[nH]c(-c4n[nH]c5ccc(-c6ccncc6)nc45)nc23)s1. The third-order valence-corrected chi connectivity index (χ3v) is 6.44. The van der Waals surface area contributed by atoms with Gasteiger partial charge in [0.2, 0.25) is 0 Å². The molecule has 0 amide bonds. The smallest absolute Gasteiger partial charge is 0.169 e. The number of imidazole rings is 1. The van der Waals surface area contributed by atoms with E-state index in [4.69, 9.17) is 9.97 Å². The lowest BCUT2D eigenvalue weighted by atomic mass is 10.1. The normalized spacial score (nSPS) is 11.4. The molecule has 0 aliphatic carbocycles. The number of Topliss-reactive ketones (excluding diaryl/α,β-unsaturated/α-hetero) is 1. The average Bonchev–Trinajstić information content (AvgIpc) is 3.56. The Morgan fingerprint density at radius 3 is 2.59 bits per heavy atom. The minimum Gasteiger partial charge on any atom is -0.335 e. The Balaban J connectivity index is 1.49. The van der Waals surface area contributed by atoms with Crippen LogP contribution in [0.5, 0.6) is 0 Å². The highest BCUT2D eigenvalue weighted by Gasteiger charge is 2.18. The first-order valence-corrected chi connectivity index (χ1v) is 10.7. The van der Waals surface area contributed by atoms with Crippen molar-refractivity contribution in [2.24, 2.45) is 0 Å². The summed E-state index contributed by atoms with van der Waals surface area (Å²) < 4.78 is 0. The summed E-state index contributed by atoms with van der Waals surface area (Å²) in [6, 6.07) is 11.5. The van der Waals surface area contributed by atoms with Gasteiger partial charge in [0.05, 0.1) is 27.8 Å². The first kappa shape index (κ1) is 18.5. The molecule has 154 valence electrons. The van der Waals surface area contributed by atoms with Gasteiger partial charge in [-0.05, 0) is 43.3 Å². The maximum absolute atomic E-state index is 11.7. The molecule has 0 unspecified atom stereocenters. The second kappa shape index (κ2) is 7.17. The first-order valence-electron chi connectivity index (χ1n) is 9.88. The van der Waals surface area contributed by atoms with Crippen LogP contribution in [0.1, 0.15) is 16.6 Å². The molecule has 32 heavy (non-hydrogen) atoms. The van der Waals surface area contributed by atoms with Crippen LogP contribution >= 0.6 is 11.3 Å². The van der Waals surface area contributed by atoms with Gasteiger partial charge in [0.1, 0.15) is 11.0 Å². The van der Waals surface area contributed by atoms with Crippen LogP contribution in [0.2, 0.25) is 0 Å². The minimum atomic E-state index is 0.0446. The van der Waals surface area contributed by atoms with Crippen LogP contribution in [0.25, 0.3) is 55.3 Å². The molecule has 0 saturated carbocycles. The van der Waals surface area contributed by atoms with Gasteiger partial charge < -0.3 is 4.98 Å². The summed E-state index contributed by atoms with van der Waals surface area (Å²) in [5, 5.41) is 7.51. The lowest BCUT2D eigenvalue weighted by Gasteiger charge is -2.00. The summed E-state index contributed by atoms with van der Waals surface area (Å²) in [7, 11) is 0. The van der Waals surface area contributed by atoms with E-state index in [2.05, 4.69) is 25.1 Å². The van der Waals surface area contributed by atoms with Crippen molar-refractivity contribution in [3.05, 3.63) is 66.1 Å². The molecule has 0 fully saturated rings. The molecule has 6 aromatic heterocycles. The van der Waals surface area contributed by atoms with Crippen LogP contribution in [0.4, 0.5) is 0 Å². The number of ketones is 1.